The average Bonchev–Trinajstić information content (AvgIpc) is 2.20. The highest BCUT2D eigenvalue weighted by Gasteiger charge is 2.23. The summed E-state index contributed by atoms with van der Waals surface area (Å²) in [5.41, 5.74) is 0. The number of nitrogens with zero attached hydrogens (tertiary/aromatic N) is 1. The fraction of sp³-hybridized carbons (Fsp3) is 0.909. The number of morpholine rings is 1. The fourth-order valence-electron chi connectivity index (χ4n) is 1.56. The lowest BCUT2D eigenvalue weighted by Gasteiger charge is -2.31. The number of carboxylic acid groups (broad SMARTS) is 1. The van der Waals surface area contributed by atoms with Crippen molar-refractivity contribution < 1.29 is 14.6 Å². The zero-order chi connectivity index (χ0) is 11.8. The summed E-state index contributed by atoms with van der Waals surface area (Å²) in [6, 6.07) is 0. The average molecular weight is 217 g/mol. The predicted molar refractivity (Wildman–Crippen MR) is 60.1 cm³/mol. The number of carbonyl (C=O) groups is 1. The van der Waals surface area contributed by atoms with Crippen LogP contribution < -0.4 is 0 Å². The summed E-state index contributed by atoms with van der Waals surface area (Å²) in [5.74, 6) is 0.554. The van der Waals surface area contributed by atoms with Gasteiger partial charge >= 0.3 is 6.09 Å². The number of ether oxygens (including phenoxy) is 1. The Bertz CT molecular complexity index is 183. The van der Waals surface area contributed by atoms with Crippen LogP contribution in [0, 0.1) is 5.92 Å². The number of hydrogen-bond acceptors (Lipinski definition) is 2. The molecule has 1 heterocycles. The first-order chi connectivity index (χ1) is 7.09. The normalized spacial score (nSPS) is 20.9. The predicted octanol–water partition coefficient (Wildman–Crippen LogP) is 2.44. The third-order valence-corrected chi connectivity index (χ3v) is 2.14. The summed E-state index contributed by atoms with van der Waals surface area (Å²) in [6.07, 6.45) is 0.186. The Labute approximate surface area is 92.2 Å². The van der Waals surface area contributed by atoms with E-state index in [4.69, 9.17) is 9.84 Å². The molecule has 4 heteroatoms. The van der Waals surface area contributed by atoms with E-state index in [1.165, 1.54) is 4.90 Å². The topological polar surface area (TPSA) is 49.8 Å². The molecule has 1 N–H and O–H groups in total. The van der Waals surface area contributed by atoms with E-state index in [9.17, 15) is 4.79 Å². The van der Waals surface area contributed by atoms with E-state index >= 15 is 0 Å². The minimum Gasteiger partial charge on any atom is -0.465 e. The first kappa shape index (κ1) is 14.2. The van der Waals surface area contributed by atoms with Crippen LogP contribution in [0.2, 0.25) is 0 Å². The van der Waals surface area contributed by atoms with Crippen molar-refractivity contribution in [3.8, 4) is 0 Å². The van der Waals surface area contributed by atoms with Crippen LogP contribution >= 0.6 is 0 Å². The third kappa shape index (κ3) is 5.62. The van der Waals surface area contributed by atoms with Gasteiger partial charge in [-0.15, -0.1) is 0 Å². The standard InChI is InChI=1S/C9H17NO3.C2H6/c1-7(2)5-8-6-10(9(11)12)3-4-13-8;1-2/h7-8H,3-6H2,1-2H3,(H,11,12);1-2H3. The highest BCUT2D eigenvalue weighted by Crippen LogP contribution is 2.13. The van der Waals surface area contributed by atoms with Gasteiger partial charge in [0.1, 0.15) is 0 Å². The summed E-state index contributed by atoms with van der Waals surface area (Å²) in [6.45, 7) is 9.78. The van der Waals surface area contributed by atoms with Gasteiger partial charge in [-0.1, -0.05) is 27.7 Å². The van der Waals surface area contributed by atoms with Crippen LogP contribution in [-0.4, -0.2) is 41.9 Å². The second-order valence-electron chi connectivity index (χ2n) is 3.85. The molecule has 1 fully saturated rings. The van der Waals surface area contributed by atoms with Gasteiger partial charge in [0, 0.05) is 6.54 Å². The smallest absolute Gasteiger partial charge is 0.407 e. The molecule has 1 amide bonds. The molecule has 4 nitrogen and oxygen atoms in total. The Morgan fingerprint density at radius 1 is 1.53 bits per heavy atom. The Morgan fingerprint density at radius 3 is 2.60 bits per heavy atom. The van der Waals surface area contributed by atoms with Crippen molar-refractivity contribution >= 4 is 6.09 Å². The van der Waals surface area contributed by atoms with Crippen LogP contribution in [0.1, 0.15) is 34.1 Å². The van der Waals surface area contributed by atoms with Crippen molar-refractivity contribution in [1.29, 1.82) is 0 Å². The van der Waals surface area contributed by atoms with Crippen LogP contribution in [-0.2, 0) is 4.74 Å². The van der Waals surface area contributed by atoms with Crippen molar-refractivity contribution in [2.24, 2.45) is 5.92 Å². The highest BCUT2D eigenvalue weighted by atomic mass is 16.5. The van der Waals surface area contributed by atoms with Crippen molar-refractivity contribution in [1.82, 2.24) is 4.90 Å². The highest BCUT2D eigenvalue weighted by molar-refractivity contribution is 5.65. The maximum atomic E-state index is 10.7. The zero-order valence-corrected chi connectivity index (χ0v) is 10.2. The van der Waals surface area contributed by atoms with Gasteiger partial charge in [0.15, 0.2) is 0 Å². The monoisotopic (exact) mass is 217 g/mol. The molecule has 1 unspecified atom stereocenters. The van der Waals surface area contributed by atoms with E-state index in [1.807, 2.05) is 13.8 Å². The Hall–Kier alpha value is -0.770. The van der Waals surface area contributed by atoms with Gasteiger partial charge < -0.3 is 14.7 Å². The molecule has 0 saturated carbocycles. The first-order valence-electron chi connectivity index (χ1n) is 5.69. The molecule has 1 saturated heterocycles. The minimum atomic E-state index is -0.836. The van der Waals surface area contributed by atoms with Gasteiger partial charge in [-0.3, -0.25) is 0 Å². The molecule has 0 aliphatic carbocycles. The van der Waals surface area contributed by atoms with Gasteiger partial charge in [0.05, 0.1) is 19.3 Å². The quantitative estimate of drug-likeness (QED) is 0.773. The lowest BCUT2D eigenvalue weighted by Crippen LogP contribution is -2.45. The van der Waals surface area contributed by atoms with Crippen LogP contribution in [0.5, 0.6) is 0 Å². The molecule has 1 atom stereocenters. The van der Waals surface area contributed by atoms with Gasteiger partial charge in [0.25, 0.3) is 0 Å². The fourth-order valence-corrected chi connectivity index (χ4v) is 1.56. The van der Waals surface area contributed by atoms with Crippen molar-refractivity contribution in [2.45, 2.75) is 40.2 Å². The molecule has 0 aromatic heterocycles. The van der Waals surface area contributed by atoms with Crippen LogP contribution in [0.25, 0.3) is 0 Å². The van der Waals surface area contributed by atoms with E-state index in [-0.39, 0.29) is 6.10 Å². The molecule has 1 aliphatic rings. The van der Waals surface area contributed by atoms with Gasteiger partial charge in [0.2, 0.25) is 0 Å². The number of rotatable bonds is 2. The molecule has 0 bridgehead atoms. The maximum Gasteiger partial charge on any atom is 0.407 e. The second kappa shape index (κ2) is 7.51. The molecule has 0 spiro atoms. The van der Waals surface area contributed by atoms with Gasteiger partial charge in [-0.25, -0.2) is 4.79 Å². The zero-order valence-electron chi connectivity index (χ0n) is 10.2. The summed E-state index contributed by atoms with van der Waals surface area (Å²) < 4.78 is 5.46. The maximum absolute atomic E-state index is 10.7. The van der Waals surface area contributed by atoms with E-state index in [0.29, 0.717) is 25.6 Å². The molecule has 0 radical (unpaired) electrons. The Kier molecular flexibility index (Phi) is 7.13. The van der Waals surface area contributed by atoms with Gasteiger partial charge in [-0.05, 0) is 12.3 Å². The van der Waals surface area contributed by atoms with Crippen molar-refractivity contribution in [2.75, 3.05) is 19.7 Å². The SMILES string of the molecule is CC.CC(C)CC1CN(C(=O)O)CCO1. The second-order valence-corrected chi connectivity index (χ2v) is 3.85. The van der Waals surface area contributed by atoms with Crippen molar-refractivity contribution in [3.05, 3.63) is 0 Å². The summed E-state index contributed by atoms with van der Waals surface area (Å²) in [4.78, 5) is 12.1. The summed E-state index contributed by atoms with van der Waals surface area (Å²) in [5, 5.41) is 8.76. The van der Waals surface area contributed by atoms with E-state index < -0.39 is 6.09 Å². The number of hydrogen-bond donors (Lipinski definition) is 1. The van der Waals surface area contributed by atoms with Gasteiger partial charge in [-0.2, -0.15) is 0 Å². The van der Waals surface area contributed by atoms with E-state index in [2.05, 4.69) is 13.8 Å². The summed E-state index contributed by atoms with van der Waals surface area (Å²) >= 11 is 0. The van der Waals surface area contributed by atoms with Crippen LogP contribution in [0.3, 0.4) is 0 Å². The molecule has 15 heavy (non-hydrogen) atoms. The molecular formula is C11H23NO3. The molecule has 1 rings (SSSR count). The molecule has 0 aromatic carbocycles. The summed E-state index contributed by atoms with van der Waals surface area (Å²) in [7, 11) is 0. The van der Waals surface area contributed by atoms with Crippen LogP contribution in [0.15, 0.2) is 0 Å². The van der Waals surface area contributed by atoms with E-state index in [1.54, 1.807) is 0 Å². The third-order valence-electron chi connectivity index (χ3n) is 2.14. The first-order valence-corrected chi connectivity index (χ1v) is 5.69. The molecule has 90 valence electrons. The molecular weight excluding hydrogens is 194 g/mol. The largest absolute Gasteiger partial charge is 0.465 e. The molecule has 0 aromatic rings. The number of amides is 1. The van der Waals surface area contributed by atoms with Crippen LogP contribution in [0.4, 0.5) is 4.79 Å². The van der Waals surface area contributed by atoms with Crippen molar-refractivity contribution in [3.63, 3.8) is 0 Å². The Balaban J connectivity index is 0.000000921. The molecule has 1 aliphatic heterocycles. The lowest BCUT2D eigenvalue weighted by atomic mass is 10.0. The van der Waals surface area contributed by atoms with E-state index in [0.717, 1.165) is 6.42 Å². The Morgan fingerprint density at radius 2 is 2.13 bits per heavy atom. The minimum absolute atomic E-state index is 0.0878. The lowest BCUT2D eigenvalue weighted by molar-refractivity contribution is -0.0305.